The van der Waals surface area contributed by atoms with Crippen molar-refractivity contribution in [1.82, 2.24) is 0 Å². The molecule has 1 aliphatic rings. The smallest absolute Gasteiger partial charge is 0.0860 e. The van der Waals surface area contributed by atoms with E-state index in [0.717, 1.165) is 5.75 Å². The van der Waals surface area contributed by atoms with Crippen LogP contribution < -0.4 is 4.90 Å². The SMILES string of the molecule is SCC[NH+]1CCCCCC1. The molecule has 0 spiro atoms. The highest BCUT2D eigenvalue weighted by Gasteiger charge is 2.09. The van der Waals surface area contributed by atoms with Crippen molar-refractivity contribution in [1.29, 1.82) is 0 Å². The van der Waals surface area contributed by atoms with E-state index in [9.17, 15) is 0 Å². The Morgan fingerprint density at radius 3 is 2.10 bits per heavy atom. The van der Waals surface area contributed by atoms with Gasteiger partial charge in [-0.15, -0.1) is 0 Å². The van der Waals surface area contributed by atoms with E-state index < -0.39 is 0 Å². The molecule has 0 bridgehead atoms. The van der Waals surface area contributed by atoms with Crippen LogP contribution in [0.15, 0.2) is 0 Å². The Bertz CT molecular complexity index is 77.3. The molecule has 0 aliphatic carbocycles. The first-order valence-corrected chi connectivity index (χ1v) is 5.01. The van der Waals surface area contributed by atoms with Crippen molar-refractivity contribution in [3.05, 3.63) is 0 Å². The molecule has 0 atom stereocenters. The molecule has 1 nitrogen and oxygen atoms in total. The first kappa shape index (κ1) is 8.41. The van der Waals surface area contributed by atoms with Crippen molar-refractivity contribution in [3.63, 3.8) is 0 Å². The summed E-state index contributed by atoms with van der Waals surface area (Å²) in [5.41, 5.74) is 0. The molecule has 1 saturated heterocycles. The Labute approximate surface area is 69.2 Å². The Morgan fingerprint density at radius 1 is 1.00 bits per heavy atom. The largest absolute Gasteiger partial charge is 0.334 e. The molecule has 0 radical (unpaired) electrons. The lowest BCUT2D eigenvalue weighted by molar-refractivity contribution is -0.896. The number of nitrogens with one attached hydrogen (secondary N) is 1. The molecule has 0 amide bonds. The van der Waals surface area contributed by atoms with Crippen LogP contribution in [0, 0.1) is 0 Å². The van der Waals surface area contributed by atoms with Crippen LogP contribution in [-0.2, 0) is 0 Å². The van der Waals surface area contributed by atoms with E-state index in [4.69, 9.17) is 0 Å². The predicted molar refractivity (Wildman–Crippen MR) is 47.9 cm³/mol. The van der Waals surface area contributed by atoms with Crippen LogP contribution in [0.3, 0.4) is 0 Å². The average Bonchev–Trinajstić information content (AvgIpc) is 2.17. The summed E-state index contributed by atoms with van der Waals surface area (Å²) >= 11 is 4.25. The maximum absolute atomic E-state index is 4.25. The highest BCUT2D eigenvalue weighted by Crippen LogP contribution is 1.98. The van der Waals surface area contributed by atoms with Crippen molar-refractivity contribution in [2.45, 2.75) is 25.7 Å². The van der Waals surface area contributed by atoms with Gasteiger partial charge in [-0.1, -0.05) is 0 Å². The molecule has 1 N–H and O–H groups in total. The summed E-state index contributed by atoms with van der Waals surface area (Å²) in [7, 11) is 0. The molecule has 10 heavy (non-hydrogen) atoms. The van der Waals surface area contributed by atoms with Crippen molar-refractivity contribution >= 4 is 12.6 Å². The number of quaternary nitrogens is 1. The first-order valence-electron chi connectivity index (χ1n) is 4.38. The molecule has 1 rings (SSSR count). The van der Waals surface area contributed by atoms with Crippen molar-refractivity contribution in [2.24, 2.45) is 0 Å². The van der Waals surface area contributed by atoms with Gasteiger partial charge in [0.2, 0.25) is 0 Å². The van der Waals surface area contributed by atoms with Crippen LogP contribution >= 0.6 is 12.6 Å². The molecular weight excluding hydrogens is 142 g/mol. The summed E-state index contributed by atoms with van der Waals surface area (Å²) in [6.07, 6.45) is 5.78. The van der Waals surface area contributed by atoms with Gasteiger partial charge in [0.05, 0.1) is 19.6 Å². The topological polar surface area (TPSA) is 4.44 Å². The molecule has 2 heteroatoms. The third-order valence-electron chi connectivity index (χ3n) is 2.28. The second-order valence-corrected chi connectivity index (χ2v) is 3.59. The minimum Gasteiger partial charge on any atom is -0.334 e. The summed E-state index contributed by atoms with van der Waals surface area (Å²) in [6.45, 7) is 4.05. The van der Waals surface area contributed by atoms with E-state index in [1.807, 2.05) is 0 Å². The second-order valence-electron chi connectivity index (χ2n) is 3.14. The fourth-order valence-corrected chi connectivity index (χ4v) is 1.95. The van der Waals surface area contributed by atoms with E-state index in [1.165, 1.54) is 45.3 Å². The molecule has 1 fully saturated rings. The zero-order valence-electron chi connectivity index (χ0n) is 6.60. The zero-order valence-corrected chi connectivity index (χ0v) is 7.50. The highest BCUT2D eigenvalue weighted by molar-refractivity contribution is 7.80. The Balaban J connectivity index is 2.15. The van der Waals surface area contributed by atoms with E-state index in [0.29, 0.717) is 0 Å². The third kappa shape index (κ3) is 2.93. The minimum absolute atomic E-state index is 1.05. The lowest BCUT2D eigenvalue weighted by Crippen LogP contribution is -3.12. The van der Waals surface area contributed by atoms with Crippen LogP contribution in [0.1, 0.15) is 25.7 Å². The fourth-order valence-electron chi connectivity index (χ4n) is 1.64. The lowest BCUT2D eigenvalue weighted by Gasteiger charge is -2.14. The maximum atomic E-state index is 4.25. The monoisotopic (exact) mass is 160 g/mol. The van der Waals surface area contributed by atoms with E-state index in [2.05, 4.69) is 12.6 Å². The van der Waals surface area contributed by atoms with Crippen molar-refractivity contribution < 1.29 is 4.90 Å². The quantitative estimate of drug-likeness (QED) is 0.538. The summed E-state index contributed by atoms with van der Waals surface area (Å²) in [5, 5.41) is 0. The van der Waals surface area contributed by atoms with Crippen molar-refractivity contribution in [2.75, 3.05) is 25.4 Å². The Morgan fingerprint density at radius 2 is 1.60 bits per heavy atom. The zero-order chi connectivity index (χ0) is 7.23. The first-order chi connectivity index (χ1) is 4.93. The van der Waals surface area contributed by atoms with Gasteiger partial charge in [-0.3, -0.25) is 0 Å². The summed E-state index contributed by atoms with van der Waals surface area (Å²) < 4.78 is 0. The molecular formula is C8H18NS+. The Hall–Kier alpha value is 0.310. The summed E-state index contributed by atoms with van der Waals surface area (Å²) in [6, 6.07) is 0. The molecule has 0 aromatic carbocycles. The third-order valence-corrected chi connectivity index (χ3v) is 2.50. The van der Waals surface area contributed by atoms with Gasteiger partial charge in [0.1, 0.15) is 0 Å². The average molecular weight is 160 g/mol. The number of likely N-dealkylation sites (tertiary alicyclic amines) is 1. The Kier molecular flexibility index (Phi) is 4.23. The summed E-state index contributed by atoms with van der Waals surface area (Å²) in [4.78, 5) is 1.77. The fraction of sp³-hybridized carbons (Fsp3) is 1.00. The van der Waals surface area contributed by atoms with Gasteiger partial charge in [0.25, 0.3) is 0 Å². The van der Waals surface area contributed by atoms with Gasteiger partial charge in [0.15, 0.2) is 0 Å². The number of thiol groups is 1. The second kappa shape index (κ2) is 5.03. The number of hydrogen-bond donors (Lipinski definition) is 2. The van der Waals surface area contributed by atoms with Crippen LogP contribution in [0.5, 0.6) is 0 Å². The van der Waals surface area contributed by atoms with E-state index >= 15 is 0 Å². The van der Waals surface area contributed by atoms with Gasteiger partial charge in [-0.05, 0) is 25.7 Å². The standard InChI is InChI=1S/C8H17NS/c10-8-7-9-5-3-1-2-4-6-9/h10H,1-8H2/p+1. The van der Waals surface area contributed by atoms with Crippen molar-refractivity contribution in [3.8, 4) is 0 Å². The molecule has 0 aromatic heterocycles. The number of rotatable bonds is 2. The van der Waals surface area contributed by atoms with E-state index in [1.54, 1.807) is 4.90 Å². The van der Waals surface area contributed by atoms with Gasteiger partial charge in [-0.2, -0.15) is 12.6 Å². The molecule has 0 saturated carbocycles. The lowest BCUT2D eigenvalue weighted by atomic mass is 10.2. The van der Waals surface area contributed by atoms with Crippen LogP contribution in [0.4, 0.5) is 0 Å². The van der Waals surface area contributed by atoms with Gasteiger partial charge in [0, 0.05) is 5.75 Å². The molecule has 0 unspecified atom stereocenters. The van der Waals surface area contributed by atoms with Gasteiger partial charge < -0.3 is 4.90 Å². The van der Waals surface area contributed by atoms with Gasteiger partial charge in [-0.25, -0.2) is 0 Å². The maximum Gasteiger partial charge on any atom is 0.0860 e. The summed E-state index contributed by atoms with van der Waals surface area (Å²) in [5.74, 6) is 1.05. The van der Waals surface area contributed by atoms with Crippen LogP contribution in [0.2, 0.25) is 0 Å². The molecule has 0 aromatic rings. The number of hydrogen-bond acceptors (Lipinski definition) is 1. The normalized spacial score (nSPS) is 22.5. The van der Waals surface area contributed by atoms with Crippen LogP contribution in [-0.4, -0.2) is 25.4 Å². The molecule has 60 valence electrons. The molecule has 1 aliphatic heterocycles. The van der Waals surface area contributed by atoms with Gasteiger partial charge >= 0.3 is 0 Å². The van der Waals surface area contributed by atoms with Crippen LogP contribution in [0.25, 0.3) is 0 Å². The minimum atomic E-state index is 1.05. The predicted octanol–water partition coefficient (Wildman–Crippen LogP) is 0.375. The molecule has 1 heterocycles. The van der Waals surface area contributed by atoms with E-state index in [-0.39, 0.29) is 0 Å². The highest BCUT2D eigenvalue weighted by atomic mass is 32.1.